The van der Waals surface area contributed by atoms with Crippen molar-refractivity contribution in [3.05, 3.63) is 54.1 Å². The summed E-state index contributed by atoms with van der Waals surface area (Å²) < 4.78 is 11.8. The van der Waals surface area contributed by atoms with Gasteiger partial charge in [0.2, 0.25) is 0 Å². The second-order valence-corrected chi connectivity index (χ2v) is 7.91. The molecule has 2 unspecified atom stereocenters. The van der Waals surface area contributed by atoms with Crippen molar-refractivity contribution in [1.29, 1.82) is 0 Å². The first-order valence-corrected chi connectivity index (χ1v) is 10.7. The Bertz CT molecular complexity index is 755. The van der Waals surface area contributed by atoms with Crippen LogP contribution in [0.4, 0.5) is 5.69 Å². The maximum Gasteiger partial charge on any atom is 0.265 e. The first-order valence-electron chi connectivity index (χ1n) is 10.7. The van der Waals surface area contributed by atoms with E-state index in [1.807, 2.05) is 49.4 Å². The number of amides is 1. The number of hydrogen-bond acceptors (Lipinski definition) is 3. The monoisotopic (exact) mass is 397 g/mol. The molecular formula is C25H35NO3. The summed E-state index contributed by atoms with van der Waals surface area (Å²) in [6.45, 7) is 11.3. The molecule has 2 rings (SSSR count). The Kier molecular flexibility index (Phi) is 9.04. The summed E-state index contributed by atoms with van der Waals surface area (Å²) in [7, 11) is 0. The zero-order valence-corrected chi connectivity index (χ0v) is 18.4. The topological polar surface area (TPSA) is 47.6 Å². The molecule has 2 atom stereocenters. The van der Waals surface area contributed by atoms with E-state index in [1.54, 1.807) is 0 Å². The van der Waals surface area contributed by atoms with Gasteiger partial charge in [-0.2, -0.15) is 0 Å². The Morgan fingerprint density at radius 1 is 0.966 bits per heavy atom. The molecule has 4 nitrogen and oxygen atoms in total. The normalized spacial score (nSPS) is 13.0. The van der Waals surface area contributed by atoms with Crippen molar-refractivity contribution in [3.63, 3.8) is 0 Å². The molecule has 0 saturated carbocycles. The van der Waals surface area contributed by atoms with E-state index < -0.39 is 6.10 Å². The summed E-state index contributed by atoms with van der Waals surface area (Å²) in [5, 5.41) is 2.96. The van der Waals surface area contributed by atoms with E-state index in [-0.39, 0.29) is 5.91 Å². The molecule has 0 aliphatic heterocycles. The fourth-order valence-electron chi connectivity index (χ4n) is 2.96. The van der Waals surface area contributed by atoms with Gasteiger partial charge in [0.05, 0.1) is 6.61 Å². The average Bonchev–Trinajstić information content (AvgIpc) is 2.72. The van der Waals surface area contributed by atoms with Crippen LogP contribution in [-0.4, -0.2) is 18.6 Å². The lowest BCUT2D eigenvalue weighted by atomic mass is 9.98. The largest absolute Gasteiger partial charge is 0.494 e. The third-order valence-electron chi connectivity index (χ3n) is 5.08. The zero-order chi connectivity index (χ0) is 21.2. The highest BCUT2D eigenvalue weighted by Crippen LogP contribution is 2.29. The third-order valence-corrected chi connectivity index (χ3v) is 5.08. The molecule has 0 bridgehead atoms. The molecule has 4 heteroatoms. The molecule has 0 saturated heterocycles. The Morgan fingerprint density at radius 2 is 1.66 bits per heavy atom. The van der Waals surface area contributed by atoms with Gasteiger partial charge >= 0.3 is 0 Å². The van der Waals surface area contributed by atoms with Crippen molar-refractivity contribution < 1.29 is 14.3 Å². The summed E-state index contributed by atoms with van der Waals surface area (Å²) in [5.41, 5.74) is 1.88. The number of ether oxygens (including phenoxy) is 2. The smallest absolute Gasteiger partial charge is 0.265 e. The Hall–Kier alpha value is -2.49. The van der Waals surface area contributed by atoms with Crippen molar-refractivity contribution in [2.75, 3.05) is 11.9 Å². The predicted octanol–water partition coefficient (Wildman–Crippen LogP) is 6.42. The van der Waals surface area contributed by atoms with E-state index >= 15 is 0 Å². The Morgan fingerprint density at radius 3 is 2.28 bits per heavy atom. The standard InChI is InChI=1S/C25H35NO3/c1-6-19(5)22-10-8-9-11-24(22)29-23(7-2)25(27)26-20-12-14-21(15-13-20)28-17-16-18(3)4/h8-15,18-19,23H,6-7,16-17H2,1-5H3,(H,26,27). The summed E-state index contributed by atoms with van der Waals surface area (Å²) in [6, 6.07) is 15.5. The minimum absolute atomic E-state index is 0.139. The summed E-state index contributed by atoms with van der Waals surface area (Å²) in [4.78, 5) is 12.8. The van der Waals surface area contributed by atoms with E-state index in [0.717, 1.165) is 35.6 Å². The molecule has 0 aliphatic carbocycles. The Balaban J connectivity index is 1.98. The third kappa shape index (κ3) is 7.12. The van der Waals surface area contributed by atoms with Gasteiger partial charge in [-0.15, -0.1) is 0 Å². The number of nitrogens with one attached hydrogen (secondary N) is 1. The maximum absolute atomic E-state index is 12.8. The number of carbonyl (C=O) groups excluding carboxylic acids is 1. The van der Waals surface area contributed by atoms with Crippen molar-refractivity contribution >= 4 is 11.6 Å². The molecule has 0 heterocycles. The van der Waals surface area contributed by atoms with Gasteiger partial charge in [0.15, 0.2) is 6.10 Å². The van der Waals surface area contributed by atoms with Crippen LogP contribution in [0.25, 0.3) is 0 Å². The highest BCUT2D eigenvalue weighted by Gasteiger charge is 2.21. The van der Waals surface area contributed by atoms with Gasteiger partial charge in [0.25, 0.3) is 5.91 Å². The molecule has 1 amide bonds. The van der Waals surface area contributed by atoms with Crippen molar-refractivity contribution in [2.45, 2.75) is 65.9 Å². The van der Waals surface area contributed by atoms with E-state index in [4.69, 9.17) is 9.47 Å². The highest BCUT2D eigenvalue weighted by molar-refractivity contribution is 5.94. The van der Waals surface area contributed by atoms with Gasteiger partial charge in [-0.05, 0) is 67.0 Å². The number of rotatable bonds is 11. The van der Waals surface area contributed by atoms with Crippen LogP contribution in [0.5, 0.6) is 11.5 Å². The van der Waals surface area contributed by atoms with Gasteiger partial charge in [0.1, 0.15) is 11.5 Å². The quantitative estimate of drug-likeness (QED) is 0.476. The van der Waals surface area contributed by atoms with Crippen molar-refractivity contribution in [2.24, 2.45) is 5.92 Å². The second kappa shape index (κ2) is 11.5. The lowest BCUT2D eigenvalue weighted by Crippen LogP contribution is -2.32. The van der Waals surface area contributed by atoms with E-state index in [9.17, 15) is 4.79 Å². The van der Waals surface area contributed by atoms with Crippen LogP contribution >= 0.6 is 0 Å². The molecule has 0 aliphatic rings. The first-order chi connectivity index (χ1) is 13.9. The van der Waals surface area contributed by atoms with Crippen molar-refractivity contribution in [3.8, 4) is 11.5 Å². The fraction of sp³-hybridized carbons (Fsp3) is 0.480. The second-order valence-electron chi connectivity index (χ2n) is 7.91. The minimum Gasteiger partial charge on any atom is -0.494 e. The molecule has 0 aromatic heterocycles. The maximum atomic E-state index is 12.8. The summed E-state index contributed by atoms with van der Waals surface area (Å²) in [6.07, 6.45) is 2.10. The lowest BCUT2D eigenvalue weighted by molar-refractivity contribution is -0.122. The molecule has 29 heavy (non-hydrogen) atoms. The number of hydrogen-bond donors (Lipinski definition) is 1. The van der Waals surface area contributed by atoms with Gasteiger partial charge in [-0.3, -0.25) is 4.79 Å². The SMILES string of the molecule is CCC(Oc1ccccc1C(C)CC)C(=O)Nc1ccc(OCCC(C)C)cc1. The van der Waals surface area contributed by atoms with Crippen LogP contribution in [0, 0.1) is 5.92 Å². The highest BCUT2D eigenvalue weighted by atomic mass is 16.5. The fourth-order valence-corrected chi connectivity index (χ4v) is 2.96. The summed E-state index contributed by atoms with van der Waals surface area (Å²) in [5.74, 6) is 2.46. The lowest BCUT2D eigenvalue weighted by Gasteiger charge is -2.21. The zero-order valence-electron chi connectivity index (χ0n) is 18.4. The molecule has 0 radical (unpaired) electrons. The number of benzene rings is 2. The van der Waals surface area contributed by atoms with Crippen LogP contribution in [-0.2, 0) is 4.79 Å². The van der Waals surface area contributed by atoms with Crippen LogP contribution in [0.1, 0.15) is 65.4 Å². The minimum atomic E-state index is -0.540. The summed E-state index contributed by atoms with van der Waals surface area (Å²) >= 11 is 0. The van der Waals surface area contributed by atoms with Gasteiger partial charge in [0, 0.05) is 5.69 Å². The number of para-hydroxylation sites is 1. The van der Waals surface area contributed by atoms with Gasteiger partial charge < -0.3 is 14.8 Å². The average molecular weight is 398 g/mol. The van der Waals surface area contributed by atoms with Crippen LogP contribution < -0.4 is 14.8 Å². The molecule has 158 valence electrons. The Labute approximate surface area is 175 Å². The van der Waals surface area contributed by atoms with Gasteiger partial charge in [-0.1, -0.05) is 52.8 Å². The van der Waals surface area contributed by atoms with E-state index in [0.29, 0.717) is 24.9 Å². The van der Waals surface area contributed by atoms with E-state index in [2.05, 4.69) is 39.1 Å². The van der Waals surface area contributed by atoms with Crippen LogP contribution in [0.15, 0.2) is 48.5 Å². The van der Waals surface area contributed by atoms with Crippen molar-refractivity contribution in [1.82, 2.24) is 0 Å². The molecule has 1 N–H and O–H groups in total. The predicted molar refractivity (Wildman–Crippen MR) is 120 cm³/mol. The first kappa shape index (κ1) is 22.8. The molecule has 0 fully saturated rings. The number of anilines is 1. The van der Waals surface area contributed by atoms with E-state index in [1.165, 1.54) is 0 Å². The molecule has 0 spiro atoms. The molecule has 2 aromatic carbocycles. The number of carbonyl (C=O) groups is 1. The van der Waals surface area contributed by atoms with Gasteiger partial charge in [-0.25, -0.2) is 0 Å². The van der Waals surface area contributed by atoms with Crippen LogP contribution in [0.2, 0.25) is 0 Å². The molecular weight excluding hydrogens is 362 g/mol. The van der Waals surface area contributed by atoms with Crippen LogP contribution in [0.3, 0.4) is 0 Å². The molecule has 2 aromatic rings.